The Kier molecular flexibility index (Phi) is 4.92. The Morgan fingerprint density at radius 3 is 2.68 bits per heavy atom. The van der Waals surface area contributed by atoms with Crippen molar-refractivity contribution >= 4 is 55.3 Å². The Morgan fingerprint density at radius 1 is 1.10 bits per heavy atom. The van der Waals surface area contributed by atoms with Crippen molar-refractivity contribution in [3.8, 4) is 5.75 Å². The second kappa shape index (κ2) is 7.76. The number of carbonyl (C=O) groups is 1. The molecule has 3 aromatic carbocycles. The monoisotopic (exact) mass is 490 g/mol. The molecule has 2 heterocycles. The van der Waals surface area contributed by atoms with Crippen molar-refractivity contribution in [1.29, 1.82) is 0 Å². The molecule has 0 aliphatic rings. The number of aryl methyl sites for hydroxylation is 1. The highest BCUT2D eigenvalue weighted by atomic mass is 79.9. The fourth-order valence-corrected chi connectivity index (χ4v) is 4.68. The molecule has 0 amide bonds. The van der Waals surface area contributed by atoms with E-state index in [2.05, 4.69) is 20.9 Å². The third kappa shape index (κ3) is 3.66. The van der Waals surface area contributed by atoms with Crippen LogP contribution in [-0.2, 0) is 0 Å². The van der Waals surface area contributed by atoms with E-state index in [9.17, 15) is 9.59 Å². The molecule has 0 aliphatic carbocycles. The highest BCUT2D eigenvalue weighted by Crippen LogP contribution is 2.25. The van der Waals surface area contributed by atoms with Crippen LogP contribution in [0.5, 0.6) is 5.75 Å². The molecule has 0 spiro atoms. The first kappa shape index (κ1) is 19.7. The third-order valence-electron chi connectivity index (χ3n) is 4.89. The van der Waals surface area contributed by atoms with Gasteiger partial charge < -0.3 is 4.74 Å². The predicted octanol–water partition coefficient (Wildman–Crippen LogP) is 4.75. The Bertz CT molecular complexity index is 1570. The number of fused-ring (bicyclic) bond motifs is 3. The molecular weight excluding hydrogens is 476 g/mol. The molecule has 5 aromatic rings. The Balaban J connectivity index is 1.59. The highest BCUT2D eigenvalue weighted by Gasteiger charge is 2.14. The van der Waals surface area contributed by atoms with Gasteiger partial charge in [0.05, 0.1) is 21.1 Å². The van der Waals surface area contributed by atoms with Gasteiger partial charge >= 0.3 is 5.97 Å². The second-order valence-electron chi connectivity index (χ2n) is 7.07. The first-order valence-corrected chi connectivity index (χ1v) is 11.1. The lowest BCUT2D eigenvalue weighted by molar-refractivity contribution is 0.0734. The number of thiazole rings is 1. The molecule has 0 aliphatic heterocycles. The molecule has 152 valence electrons. The van der Waals surface area contributed by atoms with Crippen LogP contribution in [0.2, 0.25) is 0 Å². The lowest BCUT2D eigenvalue weighted by Crippen LogP contribution is -2.22. The third-order valence-corrected chi connectivity index (χ3v) is 6.36. The van der Waals surface area contributed by atoms with Crippen molar-refractivity contribution in [2.45, 2.75) is 6.92 Å². The first-order chi connectivity index (χ1) is 15.0. The summed E-state index contributed by atoms with van der Waals surface area (Å²) in [6.07, 6.45) is 1.74. The molecule has 0 atom stereocenters. The minimum atomic E-state index is -0.453. The molecule has 0 saturated heterocycles. The molecule has 0 fully saturated rings. The number of imidazole rings is 1. The summed E-state index contributed by atoms with van der Waals surface area (Å²) in [4.78, 5) is 30.8. The molecule has 5 rings (SSSR count). The topological polar surface area (TPSA) is 60.7 Å². The van der Waals surface area contributed by atoms with Gasteiger partial charge in [-0.15, -0.1) is 0 Å². The van der Waals surface area contributed by atoms with E-state index < -0.39 is 5.97 Å². The normalized spacial score (nSPS) is 12.0. The maximum Gasteiger partial charge on any atom is 0.343 e. The number of rotatable bonds is 3. The molecule has 7 heteroatoms. The highest BCUT2D eigenvalue weighted by molar-refractivity contribution is 9.10. The summed E-state index contributed by atoms with van der Waals surface area (Å²) in [5, 5.41) is 0. The van der Waals surface area contributed by atoms with Crippen LogP contribution in [0.1, 0.15) is 21.5 Å². The fourth-order valence-electron chi connectivity index (χ4n) is 3.33. The maximum atomic E-state index is 13.1. The van der Waals surface area contributed by atoms with Crippen LogP contribution in [0, 0.1) is 6.92 Å². The van der Waals surface area contributed by atoms with Crippen molar-refractivity contribution in [2.75, 3.05) is 0 Å². The number of para-hydroxylation sites is 2. The molecule has 5 nitrogen and oxygen atoms in total. The van der Waals surface area contributed by atoms with Crippen LogP contribution in [0.4, 0.5) is 0 Å². The van der Waals surface area contributed by atoms with Gasteiger partial charge in [0.2, 0.25) is 0 Å². The largest absolute Gasteiger partial charge is 0.422 e. The number of aromatic nitrogens is 2. The van der Waals surface area contributed by atoms with E-state index >= 15 is 0 Å². The van der Waals surface area contributed by atoms with Crippen molar-refractivity contribution < 1.29 is 9.53 Å². The van der Waals surface area contributed by atoms with Gasteiger partial charge in [0.15, 0.2) is 4.96 Å². The molecule has 0 saturated carbocycles. The van der Waals surface area contributed by atoms with E-state index in [1.807, 2.05) is 49.4 Å². The number of benzene rings is 3. The average Bonchev–Trinajstić information content (AvgIpc) is 3.26. The molecule has 0 bridgehead atoms. The van der Waals surface area contributed by atoms with Crippen molar-refractivity contribution in [3.05, 3.63) is 103 Å². The molecular formula is C24H15BrN2O3S. The van der Waals surface area contributed by atoms with Crippen molar-refractivity contribution in [3.63, 3.8) is 0 Å². The van der Waals surface area contributed by atoms with Crippen LogP contribution >= 0.6 is 27.3 Å². The minimum absolute atomic E-state index is 0.149. The Hall–Kier alpha value is -3.29. The maximum absolute atomic E-state index is 13.1. The lowest BCUT2D eigenvalue weighted by atomic mass is 10.1. The summed E-state index contributed by atoms with van der Waals surface area (Å²) in [5.74, 6) is -0.0737. The van der Waals surface area contributed by atoms with Gasteiger partial charge in [0.1, 0.15) is 5.75 Å². The molecule has 0 N–H and O–H groups in total. The number of ether oxygens (including phenoxy) is 1. The van der Waals surface area contributed by atoms with Crippen molar-refractivity contribution in [2.24, 2.45) is 0 Å². The molecule has 0 radical (unpaired) electrons. The zero-order valence-electron chi connectivity index (χ0n) is 16.3. The molecule has 0 unspecified atom stereocenters. The van der Waals surface area contributed by atoms with E-state index in [1.165, 1.54) is 11.3 Å². The zero-order valence-corrected chi connectivity index (χ0v) is 18.7. The van der Waals surface area contributed by atoms with Gasteiger partial charge in [-0.3, -0.25) is 4.79 Å². The number of carbonyl (C=O) groups excluding carboxylic acids is 1. The van der Waals surface area contributed by atoms with Gasteiger partial charge in [0.25, 0.3) is 5.56 Å². The van der Waals surface area contributed by atoms with E-state index in [0.717, 1.165) is 21.1 Å². The van der Waals surface area contributed by atoms with Crippen LogP contribution in [-0.4, -0.2) is 15.4 Å². The Morgan fingerprint density at radius 2 is 1.87 bits per heavy atom. The van der Waals surface area contributed by atoms with Gasteiger partial charge in [-0.2, -0.15) is 0 Å². The van der Waals surface area contributed by atoms with Gasteiger partial charge in [-0.25, -0.2) is 14.2 Å². The van der Waals surface area contributed by atoms with E-state index in [0.29, 0.717) is 26.4 Å². The zero-order chi connectivity index (χ0) is 21.5. The SMILES string of the molecule is Cc1ccc(C(=O)Oc2ccc(Br)cc2/C=c2\sc3nc4ccccc4n3c2=O)cc1. The summed E-state index contributed by atoms with van der Waals surface area (Å²) in [5.41, 5.74) is 3.56. The lowest BCUT2D eigenvalue weighted by Gasteiger charge is -2.08. The van der Waals surface area contributed by atoms with Crippen LogP contribution in [0.15, 0.2) is 76.0 Å². The Labute approximate surface area is 189 Å². The summed E-state index contributed by atoms with van der Waals surface area (Å²) >= 11 is 4.76. The van der Waals surface area contributed by atoms with Crippen LogP contribution in [0.25, 0.3) is 22.1 Å². The van der Waals surface area contributed by atoms with Crippen LogP contribution < -0.4 is 14.8 Å². The van der Waals surface area contributed by atoms with E-state index in [-0.39, 0.29) is 5.56 Å². The summed E-state index contributed by atoms with van der Waals surface area (Å²) in [6, 6.07) is 20.0. The number of nitrogens with zero attached hydrogens (tertiary/aromatic N) is 2. The molecule has 2 aromatic heterocycles. The van der Waals surface area contributed by atoms with E-state index in [1.54, 1.807) is 34.7 Å². The van der Waals surface area contributed by atoms with Gasteiger partial charge in [-0.1, -0.05) is 57.1 Å². The minimum Gasteiger partial charge on any atom is -0.422 e. The number of esters is 1. The van der Waals surface area contributed by atoms with Gasteiger partial charge in [-0.05, 0) is 55.5 Å². The van der Waals surface area contributed by atoms with E-state index in [4.69, 9.17) is 4.74 Å². The fraction of sp³-hybridized carbons (Fsp3) is 0.0417. The number of hydrogen-bond acceptors (Lipinski definition) is 5. The molecule has 31 heavy (non-hydrogen) atoms. The van der Waals surface area contributed by atoms with Crippen LogP contribution in [0.3, 0.4) is 0 Å². The van der Waals surface area contributed by atoms with Crippen molar-refractivity contribution in [1.82, 2.24) is 9.38 Å². The summed E-state index contributed by atoms with van der Waals surface area (Å²) < 4.78 is 8.59. The smallest absolute Gasteiger partial charge is 0.343 e. The summed E-state index contributed by atoms with van der Waals surface area (Å²) in [7, 11) is 0. The predicted molar refractivity (Wildman–Crippen MR) is 126 cm³/mol. The quantitative estimate of drug-likeness (QED) is 0.270. The summed E-state index contributed by atoms with van der Waals surface area (Å²) in [6.45, 7) is 1.96. The number of halogens is 1. The number of hydrogen-bond donors (Lipinski definition) is 0. The standard InChI is InChI=1S/C24H15BrN2O3S/c1-14-6-8-15(9-7-14)23(29)30-20-11-10-17(25)12-16(20)13-21-22(28)27-19-5-3-2-4-18(19)26-24(27)31-21/h2-13H,1H3/b21-13-. The second-order valence-corrected chi connectivity index (χ2v) is 9.00. The van der Waals surface area contributed by atoms with Gasteiger partial charge in [0, 0.05) is 10.0 Å². The average molecular weight is 491 g/mol. The first-order valence-electron chi connectivity index (χ1n) is 9.50.